The van der Waals surface area contributed by atoms with E-state index in [1.54, 1.807) is 49.4 Å². The van der Waals surface area contributed by atoms with Crippen LogP contribution in [0.5, 0.6) is 0 Å². The van der Waals surface area contributed by atoms with Crippen LogP contribution in [0.1, 0.15) is 32.3 Å². The van der Waals surface area contributed by atoms with E-state index in [4.69, 9.17) is 0 Å². The molecule has 3 rings (SSSR count). The van der Waals surface area contributed by atoms with Gasteiger partial charge >= 0.3 is 0 Å². The topological polar surface area (TPSA) is 86.8 Å². The minimum Gasteiger partial charge on any atom is -0.354 e. The van der Waals surface area contributed by atoms with E-state index in [1.165, 1.54) is 17.0 Å². The summed E-state index contributed by atoms with van der Waals surface area (Å²) in [6, 6.07) is 24.0. The molecule has 0 unspecified atom stereocenters. The predicted molar refractivity (Wildman–Crippen MR) is 159 cm³/mol. The predicted octanol–water partition coefficient (Wildman–Crippen LogP) is 4.86. The van der Waals surface area contributed by atoms with Crippen molar-refractivity contribution >= 4 is 50.1 Å². The van der Waals surface area contributed by atoms with Gasteiger partial charge in [-0.3, -0.25) is 13.9 Å². The summed E-state index contributed by atoms with van der Waals surface area (Å²) < 4.78 is 29.5. The normalized spacial score (nSPS) is 12.0. The Bertz CT molecular complexity index is 1290. The lowest BCUT2D eigenvalue weighted by atomic mass is 10.1. The number of anilines is 1. The van der Waals surface area contributed by atoms with Gasteiger partial charge in [0.05, 0.1) is 10.6 Å². The fraction of sp³-hybridized carbons (Fsp3) is 0.310. The molecule has 9 heteroatoms. The van der Waals surface area contributed by atoms with E-state index in [1.807, 2.05) is 37.3 Å². The van der Waals surface area contributed by atoms with E-state index in [0.29, 0.717) is 18.7 Å². The molecule has 1 atom stereocenters. The van der Waals surface area contributed by atoms with Crippen molar-refractivity contribution in [2.24, 2.45) is 0 Å². The van der Waals surface area contributed by atoms with Crippen LogP contribution in [0.4, 0.5) is 5.69 Å². The highest BCUT2D eigenvalue weighted by Crippen LogP contribution is 2.25. The number of hydrogen-bond acceptors (Lipinski definition) is 4. The maximum absolute atomic E-state index is 13.8. The third kappa shape index (κ3) is 8.04. The zero-order chi connectivity index (χ0) is 27.5. The van der Waals surface area contributed by atoms with Gasteiger partial charge in [-0.2, -0.15) is 0 Å². The molecule has 3 aromatic carbocycles. The molecule has 38 heavy (non-hydrogen) atoms. The van der Waals surface area contributed by atoms with Crippen molar-refractivity contribution in [3.05, 3.63) is 94.1 Å². The van der Waals surface area contributed by atoms with Gasteiger partial charge in [0.2, 0.25) is 11.8 Å². The molecule has 1 N–H and O–H groups in total. The standard InChI is InChI=1S/C29H34IN3O4S/c1-3-4-20-31-29(35)23(2)32(21-19-24-11-7-5-8-12-24)28(34)22-33(26-17-15-25(30)16-18-26)38(36,37)27-13-9-6-10-14-27/h5-18,23H,3-4,19-22H2,1-2H3,(H,31,35)/t23-/m1/s1. The zero-order valence-electron chi connectivity index (χ0n) is 21.7. The summed E-state index contributed by atoms with van der Waals surface area (Å²) in [7, 11) is -4.04. The SMILES string of the molecule is CCCCNC(=O)[C@@H](C)N(CCc1ccccc1)C(=O)CN(c1ccc(I)cc1)S(=O)(=O)c1ccccc1. The van der Waals surface area contributed by atoms with E-state index in [-0.39, 0.29) is 17.3 Å². The van der Waals surface area contributed by atoms with Crippen LogP contribution in [0.25, 0.3) is 0 Å². The lowest BCUT2D eigenvalue weighted by molar-refractivity contribution is -0.138. The maximum Gasteiger partial charge on any atom is 0.264 e. The second-order valence-corrected chi connectivity index (χ2v) is 12.1. The Hall–Kier alpha value is -2.92. The molecule has 2 amide bonds. The van der Waals surface area contributed by atoms with Crippen LogP contribution in [0.15, 0.2) is 89.8 Å². The van der Waals surface area contributed by atoms with E-state index >= 15 is 0 Å². The van der Waals surface area contributed by atoms with Crippen molar-refractivity contribution in [1.82, 2.24) is 10.2 Å². The van der Waals surface area contributed by atoms with Crippen molar-refractivity contribution < 1.29 is 18.0 Å². The minimum atomic E-state index is -4.04. The van der Waals surface area contributed by atoms with Gasteiger partial charge in [-0.1, -0.05) is 61.9 Å². The summed E-state index contributed by atoms with van der Waals surface area (Å²) in [5, 5.41) is 2.90. The van der Waals surface area contributed by atoms with Crippen LogP contribution in [-0.2, 0) is 26.0 Å². The molecule has 0 radical (unpaired) electrons. The molecule has 0 aliphatic carbocycles. The number of rotatable bonds is 13. The molecule has 0 bridgehead atoms. The molecular formula is C29H34IN3O4S. The Balaban J connectivity index is 1.92. The van der Waals surface area contributed by atoms with E-state index in [9.17, 15) is 18.0 Å². The maximum atomic E-state index is 13.8. The molecule has 0 saturated heterocycles. The smallest absolute Gasteiger partial charge is 0.264 e. The largest absolute Gasteiger partial charge is 0.354 e. The molecule has 0 aromatic heterocycles. The quantitative estimate of drug-likeness (QED) is 0.212. The lowest BCUT2D eigenvalue weighted by Gasteiger charge is -2.32. The third-order valence-electron chi connectivity index (χ3n) is 6.21. The fourth-order valence-corrected chi connectivity index (χ4v) is 5.76. The van der Waals surface area contributed by atoms with Crippen LogP contribution in [0.3, 0.4) is 0 Å². The van der Waals surface area contributed by atoms with Crippen molar-refractivity contribution in [1.29, 1.82) is 0 Å². The Morgan fingerprint density at radius 1 is 0.921 bits per heavy atom. The Morgan fingerprint density at radius 3 is 2.13 bits per heavy atom. The van der Waals surface area contributed by atoms with Crippen molar-refractivity contribution in [2.45, 2.75) is 44.0 Å². The number of halogens is 1. The van der Waals surface area contributed by atoms with Crippen LogP contribution in [0.2, 0.25) is 0 Å². The molecule has 0 aliphatic heterocycles. The van der Waals surface area contributed by atoms with Crippen molar-refractivity contribution in [3.8, 4) is 0 Å². The van der Waals surface area contributed by atoms with Gasteiger partial charge in [0.15, 0.2) is 0 Å². The summed E-state index contributed by atoms with van der Waals surface area (Å²) in [5.41, 5.74) is 1.40. The van der Waals surface area contributed by atoms with Gasteiger partial charge in [-0.15, -0.1) is 0 Å². The number of carbonyl (C=O) groups is 2. The van der Waals surface area contributed by atoms with Gasteiger partial charge in [0.25, 0.3) is 10.0 Å². The Kier molecular flexibility index (Phi) is 11.1. The van der Waals surface area contributed by atoms with E-state index in [2.05, 4.69) is 27.9 Å². The Morgan fingerprint density at radius 2 is 1.53 bits per heavy atom. The van der Waals surface area contributed by atoms with Crippen LogP contribution < -0.4 is 9.62 Å². The molecule has 0 fully saturated rings. The number of nitrogens with one attached hydrogen (secondary N) is 1. The second kappa shape index (κ2) is 14.3. The molecular weight excluding hydrogens is 613 g/mol. The van der Waals surface area contributed by atoms with Gasteiger partial charge in [0.1, 0.15) is 12.6 Å². The second-order valence-electron chi connectivity index (χ2n) is 8.94. The molecule has 0 heterocycles. The first-order valence-electron chi connectivity index (χ1n) is 12.7. The summed E-state index contributed by atoms with van der Waals surface area (Å²) in [5.74, 6) is -0.705. The number of hydrogen-bond donors (Lipinski definition) is 1. The first-order valence-corrected chi connectivity index (χ1v) is 15.2. The summed E-state index contributed by atoms with van der Waals surface area (Å²) in [4.78, 5) is 28.3. The number of nitrogens with zero attached hydrogens (tertiary/aromatic N) is 2. The average molecular weight is 648 g/mol. The number of carbonyl (C=O) groups excluding carboxylic acids is 2. The van der Waals surface area contributed by atoms with Crippen LogP contribution in [-0.4, -0.2) is 50.8 Å². The molecule has 0 aliphatic rings. The lowest BCUT2D eigenvalue weighted by Crippen LogP contribution is -2.52. The van der Waals surface area contributed by atoms with Gasteiger partial charge in [-0.25, -0.2) is 8.42 Å². The first kappa shape index (κ1) is 29.6. The number of amides is 2. The highest BCUT2D eigenvalue weighted by molar-refractivity contribution is 14.1. The fourth-order valence-electron chi connectivity index (χ4n) is 3.96. The number of sulfonamides is 1. The molecule has 202 valence electrons. The van der Waals surface area contributed by atoms with Crippen molar-refractivity contribution in [2.75, 3.05) is 23.9 Å². The van der Waals surface area contributed by atoms with Crippen LogP contribution >= 0.6 is 22.6 Å². The summed E-state index contributed by atoms with van der Waals surface area (Å²) in [6.45, 7) is 4.09. The molecule has 7 nitrogen and oxygen atoms in total. The van der Waals surface area contributed by atoms with E-state index in [0.717, 1.165) is 26.3 Å². The van der Waals surface area contributed by atoms with E-state index < -0.39 is 28.5 Å². The average Bonchev–Trinajstić information content (AvgIpc) is 2.93. The van der Waals surface area contributed by atoms with Gasteiger partial charge < -0.3 is 10.2 Å². The number of benzene rings is 3. The molecule has 3 aromatic rings. The monoisotopic (exact) mass is 647 g/mol. The summed E-state index contributed by atoms with van der Waals surface area (Å²) in [6.07, 6.45) is 2.31. The summed E-state index contributed by atoms with van der Waals surface area (Å²) >= 11 is 2.15. The molecule has 0 spiro atoms. The highest BCUT2D eigenvalue weighted by atomic mass is 127. The first-order chi connectivity index (χ1) is 18.2. The molecule has 0 saturated carbocycles. The van der Waals surface area contributed by atoms with Gasteiger partial charge in [-0.05, 0) is 84.3 Å². The minimum absolute atomic E-state index is 0.0903. The highest BCUT2D eigenvalue weighted by Gasteiger charge is 2.32. The van der Waals surface area contributed by atoms with Gasteiger partial charge in [0, 0.05) is 16.7 Å². The van der Waals surface area contributed by atoms with Crippen molar-refractivity contribution in [3.63, 3.8) is 0 Å². The Labute approximate surface area is 239 Å². The van der Waals surface area contributed by atoms with Crippen LogP contribution in [0, 0.1) is 3.57 Å². The number of unbranched alkanes of at least 4 members (excludes halogenated alkanes) is 1. The zero-order valence-corrected chi connectivity index (χ0v) is 24.7. The third-order valence-corrected chi connectivity index (χ3v) is 8.71.